The zero-order chi connectivity index (χ0) is 21.0. The van der Waals surface area contributed by atoms with Crippen molar-refractivity contribution in [3.05, 3.63) is 23.1 Å². The molecule has 8 nitrogen and oxygen atoms in total. The molecule has 2 aromatic rings. The second-order valence-corrected chi connectivity index (χ2v) is 9.40. The number of aryl methyl sites for hydroxylation is 1. The fourth-order valence-corrected chi connectivity index (χ4v) is 6.77. The first kappa shape index (κ1) is 23.1. The molecule has 2 aliphatic rings. The number of β-lactam (4-membered cyclic amide) rings is 1. The largest absolute Gasteiger partial charge is 0.543 e. The van der Waals surface area contributed by atoms with Crippen LogP contribution in [0.3, 0.4) is 0 Å². The summed E-state index contributed by atoms with van der Waals surface area (Å²) in [6.07, 6.45) is 5.97. The number of nitrogens with zero attached hydrogens (tertiary/aromatic N) is 3. The Kier molecular flexibility index (Phi) is 6.54. The molecule has 4 atom stereocenters. The summed E-state index contributed by atoms with van der Waals surface area (Å²) in [6.45, 7) is 4.92. The van der Waals surface area contributed by atoms with Gasteiger partial charge in [-0.1, -0.05) is 30.0 Å². The maximum Gasteiger partial charge on any atom is 0.250 e. The normalized spacial score (nSPS) is 24.1. The fraction of sp³-hybridized carbons (Fsp3) is 0.526. The van der Waals surface area contributed by atoms with E-state index in [-0.39, 0.29) is 36.0 Å². The third kappa shape index (κ3) is 3.25. The van der Waals surface area contributed by atoms with Crippen LogP contribution in [0.4, 0.5) is 0 Å². The number of aliphatic hydroxyl groups excluding tert-OH is 1. The number of aliphatic hydroxyl groups is 1. The van der Waals surface area contributed by atoms with Crippen molar-refractivity contribution in [2.24, 2.45) is 17.6 Å². The number of imidazole rings is 1. The smallest absolute Gasteiger partial charge is 0.250 e. The van der Waals surface area contributed by atoms with Gasteiger partial charge in [-0.25, -0.2) is 4.57 Å². The van der Waals surface area contributed by atoms with Crippen molar-refractivity contribution in [3.63, 3.8) is 0 Å². The molecule has 0 aromatic carbocycles. The number of thioether (sulfide) groups is 1. The first-order valence-corrected chi connectivity index (χ1v) is 11.6. The van der Waals surface area contributed by atoms with Crippen LogP contribution in [-0.4, -0.2) is 51.2 Å². The number of hydrogen-bond acceptors (Lipinski definition) is 7. The lowest BCUT2D eigenvalue weighted by atomic mass is 9.77. The second-order valence-electron chi connectivity index (χ2n) is 7.57. The second kappa shape index (κ2) is 8.51. The highest BCUT2D eigenvalue weighted by atomic mass is 35.5. The molecule has 2 aliphatic heterocycles. The number of aliphatic carboxylic acids is 1. The van der Waals surface area contributed by atoms with Crippen LogP contribution < -0.4 is 15.4 Å². The van der Waals surface area contributed by atoms with Crippen LogP contribution in [-0.2, 0) is 16.1 Å². The van der Waals surface area contributed by atoms with Crippen molar-refractivity contribution in [2.45, 2.75) is 44.0 Å². The molecule has 1 amide bonds. The Morgan fingerprint density at radius 3 is 2.77 bits per heavy atom. The minimum Gasteiger partial charge on any atom is -0.543 e. The van der Waals surface area contributed by atoms with Gasteiger partial charge in [-0.3, -0.25) is 4.79 Å². The van der Waals surface area contributed by atoms with Gasteiger partial charge in [-0.05, 0) is 26.1 Å². The third-order valence-corrected chi connectivity index (χ3v) is 7.92. The van der Waals surface area contributed by atoms with E-state index in [1.165, 1.54) is 16.2 Å². The molecule has 4 rings (SSSR count). The molecule has 30 heavy (non-hydrogen) atoms. The molecule has 0 aliphatic carbocycles. The molecule has 0 radical (unpaired) electrons. The lowest BCUT2D eigenvalue weighted by Crippen LogP contribution is -2.64. The number of hydrogen-bond donors (Lipinski definition) is 2. The van der Waals surface area contributed by atoms with Crippen LogP contribution in [0, 0.1) is 11.8 Å². The number of carboxylic acids is 1. The van der Waals surface area contributed by atoms with Gasteiger partial charge in [-0.15, -0.1) is 12.4 Å². The summed E-state index contributed by atoms with van der Waals surface area (Å²) in [5, 5.41) is 23.0. The van der Waals surface area contributed by atoms with Gasteiger partial charge in [0.15, 0.2) is 0 Å². The predicted molar refractivity (Wildman–Crippen MR) is 115 cm³/mol. The monoisotopic (exact) mass is 472 g/mol. The number of carboxylic acid groups (broad SMARTS) is 1. The Balaban J connectivity index is 0.00000256. The molecule has 164 valence electrons. The SMILES string of the molecule is CSc1c2sc(C3=C(C(=O)[O-])N4C(=O)[C@H]([C@@H](C)O)[C@H]4[C@H]3C)cn2c[n+]1CCCN.Cl. The summed E-state index contributed by atoms with van der Waals surface area (Å²) in [4.78, 5) is 27.6. The van der Waals surface area contributed by atoms with Crippen molar-refractivity contribution >= 4 is 57.8 Å². The summed E-state index contributed by atoms with van der Waals surface area (Å²) in [6, 6.07) is -0.346. The number of amides is 1. The Morgan fingerprint density at radius 1 is 1.50 bits per heavy atom. The number of carbonyl (C=O) groups is 2. The highest BCUT2D eigenvalue weighted by molar-refractivity contribution is 7.98. The van der Waals surface area contributed by atoms with Crippen molar-refractivity contribution in [2.75, 3.05) is 12.8 Å². The van der Waals surface area contributed by atoms with Crippen LogP contribution in [0.15, 0.2) is 23.2 Å². The van der Waals surface area contributed by atoms with Gasteiger partial charge in [-0.2, -0.15) is 4.40 Å². The number of aromatic nitrogens is 2. The molecule has 0 saturated carbocycles. The number of fused-ring (bicyclic) bond motifs is 2. The van der Waals surface area contributed by atoms with E-state index in [9.17, 15) is 19.8 Å². The first-order chi connectivity index (χ1) is 13.8. The molecule has 1 fully saturated rings. The molecule has 4 heterocycles. The predicted octanol–water partition coefficient (Wildman–Crippen LogP) is 0.0993. The van der Waals surface area contributed by atoms with Crippen LogP contribution in [0.5, 0.6) is 0 Å². The summed E-state index contributed by atoms with van der Waals surface area (Å²) < 4.78 is 4.15. The highest BCUT2D eigenvalue weighted by Gasteiger charge is 2.59. The Labute approximate surface area is 188 Å². The zero-order valence-corrected chi connectivity index (χ0v) is 19.4. The minimum absolute atomic E-state index is 0. The number of rotatable bonds is 7. The lowest BCUT2D eigenvalue weighted by Gasteiger charge is -2.47. The maximum atomic E-state index is 12.5. The van der Waals surface area contributed by atoms with E-state index in [0.29, 0.717) is 12.1 Å². The molecule has 1 saturated heterocycles. The van der Waals surface area contributed by atoms with E-state index in [4.69, 9.17) is 5.73 Å². The molecule has 11 heteroatoms. The molecular weight excluding hydrogens is 448 g/mol. The zero-order valence-electron chi connectivity index (χ0n) is 16.9. The van der Waals surface area contributed by atoms with Crippen molar-refractivity contribution in [3.8, 4) is 0 Å². The van der Waals surface area contributed by atoms with Gasteiger partial charge in [0.1, 0.15) is 6.20 Å². The van der Waals surface area contributed by atoms with Gasteiger partial charge >= 0.3 is 0 Å². The van der Waals surface area contributed by atoms with Crippen molar-refractivity contribution < 1.29 is 24.4 Å². The Morgan fingerprint density at radius 2 is 2.20 bits per heavy atom. The van der Waals surface area contributed by atoms with Gasteiger partial charge in [0, 0.05) is 11.5 Å². The van der Waals surface area contributed by atoms with Crippen LogP contribution in [0.2, 0.25) is 0 Å². The number of thiazole rings is 1. The highest BCUT2D eigenvalue weighted by Crippen LogP contribution is 2.51. The topological polar surface area (TPSA) is 115 Å². The summed E-state index contributed by atoms with van der Waals surface area (Å²) in [5.41, 5.74) is 6.19. The van der Waals surface area contributed by atoms with E-state index in [0.717, 1.165) is 27.7 Å². The lowest BCUT2D eigenvalue weighted by molar-refractivity contribution is -0.729. The quantitative estimate of drug-likeness (QED) is 0.335. The van der Waals surface area contributed by atoms with Crippen LogP contribution in [0.25, 0.3) is 10.4 Å². The van der Waals surface area contributed by atoms with E-state index < -0.39 is 18.0 Å². The molecule has 0 spiro atoms. The summed E-state index contributed by atoms with van der Waals surface area (Å²) in [5.74, 6) is -2.49. The molecule has 3 N–H and O–H groups in total. The van der Waals surface area contributed by atoms with Crippen molar-refractivity contribution in [1.29, 1.82) is 0 Å². The van der Waals surface area contributed by atoms with Crippen LogP contribution in [0.1, 0.15) is 25.1 Å². The van der Waals surface area contributed by atoms with E-state index in [1.807, 2.05) is 30.1 Å². The van der Waals surface area contributed by atoms with Gasteiger partial charge in [0.05, 0.1) is 41.2 Å². The maximum absolute atomic E-state index is 12.5. The Bertz CT molecular complexity index is 1030. The average molecular weight is 473 g/mol. The van der Waals surface area contributed by atoms with Crippen LogP contribution >= 0.6 is 35.5 Å². The minimum atomic E-state index is -1.35. The summed E-state index contributed by atoms with van der Waals surface area (Å²) >= 11 is 3.14. The average Bonchev–Trinajstić information content (AvgIpc) is 3.26. The standard InChI is InChI=1S/C19H24N4O4S2.ClH/c1-9-12(15(19(26)27)23-14(9)13(10(2)24)16(23)25)11-7-22-8-21(6-4-5-20)17(28-3)18(22)29-11;/h7-10,13-14,24H,4-6,20H2,1-3H3;1H/t9-,10+,13+,14+;/m0./s1. The van der Waals surface area contributed by atoms with E-state index >= 15 is 0 Å². The Hall–Kier alpha value is -1.59. The third-order valence-electron chi connectivity index (χ3n) is 5.83. The molecule has 0 bridgehead atoms. The number of nitrogens with two attached hydrogens (primary N) is 1. The van der Waals surface area contributed by atoms with E-state index in [2.05, 4.69) is 4.57 Å². The van der Waals surface area contributed by atoms with Crippen molar-refractivity contribution in [1.82, 2.24) is 9.30 Å². The van der Waals surface area contributed by atoms with Gasteiger partial charge in [0.25, 0.3) is 6.33 Å². The molecular formula is C19H25ClN4O4S2. The molecule has 0 unspecified atom stereocenters. The number of carbonyl (C=O) groups excluding carboxylic acids is 2. The fourth-order valence-electron chi connectivity index (χ4n) is 4.57. The van der Waals surface area contributed by atoms with Gasteiger partial charge < -0.3 is 25.6 Å². The summed E-state index contributed by atoms with van der Waals surface area (Å²) in [7, 11) is 0. The van der Waals surface area contributed by atoms with E-state index in [1.54, 1.807) is 18.7 Å². The molecule has 2 aromatic heterocycles. The first-order valence-electron chi connectivity index (χ1n) is 9.56. The number of halogens is 1. The van der Waals surface area contributed by atoms with Gasteiger partial charge in [0.2, 0.25) is 15.8 Å².